The number of carbonyl (C=O) groups excluding carboxylic acids is 2. The molecule has 4 nitrogen and oxygen atoms in total. The lowest BCUT2D eigenvalue weighted by molar-refractivity contribution is -0.118. The van der Waals surface area contributed by atoms with Crippen LogP contribution in [0.15, 0.2) is 43.0 Å². The van der Waals surface area contributed by atoms with E-state index in [1.54, 1.807) is 13.0 Å². The van der Waals surface area contributed by atoms with E-state index in [1.165, 1.54) is 6.92 Å². The third-order valence-corrected chi connectivity index (χ3v) is 3.55. The van der Waals surface area contributed by atoms with E-state index >= 15 is 0 Å². The minimum Gasteiger partial charge on any atom is -0.490 e. The molecule has 4 heteroatoms. The lowest BCUT2D eigenvalue weighted by Gasteiger charge is -2.12. The van der Waals surface area contributed by atoms with Gasteiger partial charge in [0.25, 0.3) is 0 Å². The van der Waals surface area contributed by atoms with Crippen molar-refractivity contribution in [1.82, 2.24) is 5.32 Å². The number of hydrogen-bond acceptors (Lipinski definition) is 3. The van der Waals surface area contributed by atoms with E-state index in [2.05, 4.69) is 11.9 Å². The fourth-order valence-electron chi connectivity index (χ4n) is 2.44. The molecule has 0 fully saturated rings. The zero-order valence-electron chi connectivity index (χ0n) is 13.5. The number of amides is 1. The molecule has 2 aromatic carbocycles. The Bertz CT molecular complexity index is 750. The predicted molar refractivity (Wildman–Crippen MR) is 92.0 cm³/mol. The van der Waals surface area contributed by atoms with Crippen LogP contribution in [0.25, 0.3) is 10.8 Å². The molecule has 0 radical (unpaired) electrons. The Morgan fingerprint density at radius 2 is 2.00 bits per heavy atom. The van der Waals surface area contributed by atoms with Gasteiger partial charge in [-0.15, -0.1) is 0 Å². The van der Waals surface area contributed by atoms with Crippen LogP contribution in [0, 0.1) is 0 Å². The van der Waals surface area contributed by atoms with E-state index in [4.69, 9.17) is 4.74 Å². The van der Waals surface area contributed by atoms with Gasteiger partial charge in [0.15, 0.2) is 5.78 Å². The van der Waals surface area contributed by atoms with Gasteiger partial charge in [0.2, 0.25) is 5.91 Å². The molecule has 0 saturated carbocycles. The smallest absolute Gasteiger partial charge is 0.216 e. The first-order valence-electron chi connectivity index (χ1n) is 7.57. The highest BCUT2D eigenvalue weighted by molar-refractivity contribution is 6.00. The molecule has 2 aromatic rings. The molecule has 0 spiro atoms. The van der Waals surface area contributed by atoms with Gasteiger partial charge in [-0.3, -0.25) is 9.59 Å². The minimum absolute atomic E-state index is 0.0275. The van der Waals surface area contributed by atoms with E-state index in [-0.39, 0.29) is 11.7 Å². The number of benzene rings is 2. The van der Waals surface area contributed by atoms with Crippen molar-refractivity contribution < 1.29 is 14.3 Å². The van der Waals surface area contributed by atoms with Crippen LogP contribution < -0.4 is 10.1 Å². The summed E-state index contributed by atoms with van der Waals surface area (Å²) in [5.41, 5.74) is 1.69. The summed E-state index contributed by atoms with van der Waals surface area (Å²) in [6.07, 6.45) is 2.35. The number of nitrogens with one attached hydrogen (secondary N) is 1. The van der Waals surface area contributed by atoms with Crippen LogP contribution in [0.2, 0.25) is 0 Å². The maximum atomic E-state index is 11.7. The second-order valence-electron chi connectivity index (χ2n) is 5.41. The Morgan fingerprint density at radius 3 is 2.65 bits per heavy atom. The van der Waals surface area contributed by atoms with Crippen molar-refractivity contribution in [3.8, 4) is 5.75 Å². The van der Waals surface area contributed by atoms with Crippen LogP contribution in [-0.2, 0) is 11.2 Å². The molecule has 120 valence electrons. The monoisotopic (exact) mass is 311 g/mol. The van der Waals surface area contributed by atoms with Crippen molar-refractivity contribution in [3.05, 3.63) is 54.1 Å². The number of ether oxygens (including phenoxy) is 1. The fourth-order valence-corrected chi connectivity index (χ4v) is 2.44. The first-order valence-corrected chi connectivity index (χ1v) is 7.57. The predicted octanol–water partition coefficient (Wildman–Crippen LogP) is 3.29. The number of ketones is 1. The standard InChI is InChI=1S/C19H21NO3/c1-4-9-23-18-6-5-15-10-17(13(2)21)11-16(19(15)12-18)7-8-20-14(3)22/h4-6,10-12H,1,7-9H2,2-3H3,(H,20,22). The maximum Gasteiger partial charge on any atom is 0.216 e. The molecule has 1 amide bonds. The fraction of sp³-hybridized carbons (Fsp3) is 0.263. The molecule has 0 aliphatic carbocycles. The number of carbonyl (C=O) groups is 2. The second-order valence-corrected chi connectivity index (χ2v) is 5.41. The Hall–Kier alpha value is -2.62. The van der Waals surface area contributed by atoms with Crippen LogP contribution in [0.4, 0.5) is 0 Å². The van der Waals surface area contributed by atoms with Crippen LogP contribution in [0.1, 0.15) is 29.8 Å². The largest absolute Gasteiger partial charge is 0.490 e. The van der Waals surface area contributed by atoms with Gasteiger partial charge in [-0.1, -0.05) is 18.7 Å². The zero-order chi connectivity index (χ0) is 16.8. The van der Waals surface area contributed by atoms with Crippen molar-refractivity contribution in [2.45, 2.75) is 20.3 Å². The minimum atomic E-state index is -0.0629. The van der Waals surface area contributed by atoms with Crippen molar-refractivity contribution >= 4 is 22.5 Å². The summed E-state index contributed by atoms with van der Waals surface area (Å²) < 4.78 is 5.58. The van der Waals surface area contributed by atoms with Crippen molar-refractivity contribution in [1.29, 1.82) is 0 Å². The summed E-state index contributed by atoms with van der Waals surface area (Å²) in [6.45, 7) is 7.66. The van der Waals surface area contributed by atoms with Gasteiger partial charge in [-0.25, -0.2) is 0 Å². The molecule has 0 heterocycles. The molecule has 0 saturated heterocycles. The third kappa shape index (κ3) is 4.42. The summed E-state index contributed by atoms with van der Waals surface area (Å²) >= 11 is 0. The number of fused-ring (bicyclic) bond motifs is 1. The van der Waals surface area contributed by atoms with E-state index in [9.17, 15) is 9.59 Å². The number of Topliss-reactive ketones (excluding diaryl/α,β-unsaturated/α-hetero) is 1. The Labute approximate surface area is 136 Å². The maximum absolute atomic E-state index is 11.7. The molecular formula is C19H21NO3. The van der Waals surface area contributed by atoms with Crippen molar-refractivity contribution in [2.24, 2.45) is 0 Å². The Morgan fingerprint density at radius 1 is 1.22 bits per heavy atom. The van der Waals surface area contributed by atoms with Crippen LogP contribution in [-0.4, -0.2) is 24.8 Å². The molecule has 0 atom stereocenters. The van der Waals surface area contributed by atoms with E-state index < -0.39 is 0 Å². The molecule has 1 N–H and O–H groups in total. The zero-order valence-corrected chi connectivity index (χ0v) is 13.5. The highest BCUT2D eigenvalue weighted by Gasteiger charge is 2.09. The molecule has 0 unspecified atom stereocenters. The SMILES string of the molecule is C=CCOc1ccc2cc(C(C)=O)cc(CCNC(C)=O)c2c1. The summed E-state index contributed by atoms with van der Waals surface area (Å²) in [6, 6.07) is 9.57. The molecule has 0 aliphatic heterocycles. The third-order valence-electron chi connectivity index (χ3n) is 3.55. The van der Waals surface area contributed by atoms with Crippen molar-refractivity contribution in [2.75, 3.05) is 13.2 Å². The average Bonchev–Trinajstić information content (AvgIpc) is 2.52. The number of rotatable bonds is 7. The van der Waals surface area contributed by atoms with Crippen LogP contribution in [0.5, 0.6) is 5.75 Å². The van der Waals surface area contributed by atoms with E-state index in [0.29, 0.717) is 25.1 Å². The van der Waals surface area contributed by atoms with E-state index in [0.717, 1.165) is 22.1 Å². The normalized spacial score (nSPS) is 10.3. The topological polar surface area (TPSA) is 55.4 Å². The molecule has 23 heavy (non-hydrogen) atoms. The Kier molecular flexibility index (Phi) is 5.52. The summed E-state index contributed by atoms with van der Waals surface area (Å²) in [5, 5.41) is 4.80. The van der Waals surface area contributed by atoms with Gasteiger partial charge in [-0.05, 0) is 53.9 Å². The molecular weight excluding hydrogens is 290 g/mol. The van der Waals surface area contributed by atoms with Crippen LogP contribution >= 0.6 is 0 Å². The number of hydrogen-bond donors (Lipinski definition) is 1. The molecule has 2 rings (SSSR count). The summed E-state index contributed by atoms with van der Waals surface area (Å²) in [7, 11) is 0. The van der Waals surface area contributed by atoms with Gasteiger partial charge in [0.1, 0.15) is 12.4 Å². The second kappa shape index (κ2) is 7.58. The quantitative estimate of drug-likeness (QED) is 0.630. The Balaban J connectivity index is 2.42. The van der Waals surface area contributed by atoms with Gasteiger partial charge >= 0.3 is 0 Å². The van der Waals surface area contributed by atoms with Gasteiger partial charge in [-0.2, -0.15) is 0 Å². The lowest BCUT2D eigenvalue weighted by Crippen LogP contribution is -2.22. The van der Waals surface area contributed by atoms with Gasteiger partial charge in [0.05, 0.1) is 0 Å². The van der Waals surface area contributed by atoms with Crippen molar-refractivity contribution in [3.63, 3.8) is 0 Å². The summed E-state index contributed by atoms with van der Waals surface area (Å²) in [4.78, 5) is 22.8. The lowest BCUT2D eigenvalue weighted by atomic mass is 9.97. The highest BCUT2D eigenvalue weighted by atomic mass is 16.5. The molecule has 0 aliphatic rings. The molecule has 0 bridgehead atoms. The van der Waals surface area contributed by atoms with Gasteiger partial charge < -0.3 is 10.1 Å². The average molecular weight is 311 g/mol. The first kappa shape index (κ1) is 16.7. The van der Waals surface area contributed by atoms with Crippen LogP contribution in [0.3, 0.4) is 0 Å². The summed E-state index contributed by atoms with van der Waals surface area (Å²) in [5.74, 6) is 0.723. The first-order chi connectivity index (χ1) is 11.0. The van der Waals surface area contributed by atoms with E-state index in [1.807, 2.05) is 30.3 Å². The van der Waals surface area contributed by atoms with Gasteiger partial charge in [0, 0.05) is 19.0 Å². The highest BCUT2D eigenvalue weighted by Crippen LogP contribution is 2.26. The molecule has 0 aromatic heterocycles.